The zero-order valence-electron chi connectivity index (χ0n) is 18.4. The molecule has 2 fully saturated rings. The summed E-state index contributed by atoms with van der Waals surface area (Å²) in [6.45, 7) is 4.14. The van der Waals surface area contributed by atoms with Gasteiger partial charge in [0.2, 0.25) is 5.91 Å². The standard InChI is InChI=1S/C24H22I2N2O5S/c1-15-2-4-16(5-3-15)14-33-22-18(25)10-17(11-19(22)26)12-20-23(30)28(24(31)34-20)13-21(29)27-6-8-32-9-7-27/h2-5,10-12H,6-9,13-14H2,1H3/b20-12+. The van der Waals surface area contributed by atoms with Gasteiger partial charge in [0.15, 0.2) is 0 Å². The lowest BCUT2D eigenvalue weighted by Gasteiger charge is -2.28. The van der Waals surface area contributed by atoms with Gasteiger partial charge in [-0.3, -0.25) is 19.3 Å². The van der Waals surface area contributed by atoms with E-state index in [4.69, 9.17) is 9.47 Å². The van der Waals surface area contributed by atoms with Crippen LogP contribution in [0, 0.1) is 14.1 Å². The molecule has 10 heteroatoms. The van der Waals surface area contributed by atoms with Gasteiger partial charge in [-0.1, -0.05) is 29.8 Å². The van der Waals surface area contributed by atoms with Gasteiger partial charge in [0.25, 0.3) is 11.1 Å². The van der Waals surface area contributed by atoms with E-state index in [2.05, 4.69) is 57.3 Å². The molecule has 178 valence electrons. The summed E-state index contributed by atoms with van der Waals surface area (Å²) < 4.78 is 13.1. The summed E-state index contributed by atoms with van der Waals surface area (Å²) in [5, 5.41) is -0.430. The van der Waals surface area contributed by atoms with Crippen molar-refractivity contribution in [2.75, 3.05) is 32.8 Å². The number of nitrogens with zero attached hydrogens (tertiary/aromatic N) is 2. The first-order valence-electron chi connectivity index (χ1n) is 10.6. The van der Waals surface area contributed by atoms with Gasteiger partial charge >= 0.3 is 0 Å². The van der Waals surface area contributed by atoms with E-state index in [1.54, 1.807) is 11.0 Å². The molecule has 0 unspecified atom stereocenters. The van der Waals surface area contributed by atoms with Crippen LogP contribution < -0.4 is 4.74 Å². The van der Waals surface area contributed by atoms with Crippen LogP contribution in [0.3, 0.4) is 0 Å². The predicted molar refractivity (Wildman–Crippen MR) is 147 cm³/mol. The first kappa shape index (κ1) is 25.5. The van der Waals surface area contributed by atoms with Gasteiger partial charge in [-0.15, -0.1) is 0 Å². The number of amides is 3. The number of hydrogen-bond acceptors (Lipinski definition) is 6. The van der Waals surface area contributed by atoms with E-state index in [1.807, 2.05) is 31.2 Å². The summed E-state index contributed by atoms with van der Waals surface area (Å²) in [6.07, 6.45) is 1.69. The molecule has 2 aromatic carbocycles. The molecule has 3 amide bonds. The highest BCUT2D eigenvalue weighted by atomic mass is 127. The van der Waals surface area contributed by atoms with Crippen LogP contribution in [-0.2, 0) is 20.9 Å². The van der Waals surface area contributed by atoms with Crippen molar-refractivity contribution in [2.45, 2.75) is 13.5 Å². The lowest BCUT2D eigenvalue weighted by Crippen LogP contribution is -2.46. The first-order chi connectivity index (χ1) is 16.3. The third-order valence-corrected chi connectivity index (χ3v) is 7.86. The van der Waals surface area contributed by atoms with Crippen molar-refractivity contribution in [3.05, 3.63) is 65.1 Å². The Labute approximate surface area is 229 Å². The maximum atomic E-state index is 12.9. The normalized spacial score (nSPS) is 17.6. The molecule has 0 aromatic heterocycles. The van der Waals surface area contributed by atoms with E-state index in [1.165, 1.54) is 5.56 Å². The maximum absolute atomic E-state index is 12.9. The van der Waals surface area contributed by atoms with Crippen LogP contribution in [0.4, 0.5) is 4.79 Å². The molecular weight excluding hydrogens is 682 g/mol. The number of rotatable bonds is 6. The minimum absolute atomic E-state index is 0.244. The fourth-order valence-electron chi connectivity index (χ4n) is 3.48. The van der Waals surface area contributed by atoms with E-state index >= 15 is 0 Å². The second-order valence-electron chi connectivity index (χ2n) is 7.85. The number of thioether (sulfide) groups is 1. The summed E-state index contributed by atoms with van der Waals surface area (Å²) in [5.41, 5.74) is 3.08. The Hall–Kier alpha value is -1.64. The molecule has 0 bridgehead atoms. The number of carbonyl (C=O) groups is 3. The summed E-state index contributed by atoms with van der Waals surface area (Å²) in [4.78, 5) is 40.7. The minimum atomic E-state index is -0.443. The molecule has 0 N–H and O–H groups in total. The van der Waals surface area contributed by atoms with E-state index < -0.39 is 11.1 Å². The van der Waals surface area contributed by atoms with Crippen molar-refractivity contribution < 1.29 is 23.9 Å². The highest BCUT2D eigenvalue weighted by Crippen LogP contribution is 2.35. The quantitative estimate of drug-likeness (QED) is 0.322. The van der Waals surface area contributed by atoms with Crippen LogP contribution in [0.15, 0.2) is 41.3 Å². The van der Waals surface area contributed by atoms with Crippen LogP contribution in [-0.4, -0.2) is 59.7 Å². The number of benzene rings is 2. The molecule has 2 aliphatic heterocycles. The second kappa shape index (κ2) is 11.4. The van der Waals surface area contributed by atoms with Crippen LogP contribution in [0.1, 0.15) is 16.7 Å². The number of morpholine rings is 1. The average molecular weight is 704 g/mol. The molecular formula is C24H22I2N2O5S. The summed E-state index contributed by atoms with van der Waals surface area (Å²) in [6, 6.07) is 12.0. The van der Waals surface area contributed by atoms with E-state index in [0.29, 0.717) is 37.8 Å². The maximum Gasteiger partial charge on any atom is 0.294 e. The van der Waals surface area contributed by atoms with Crippen molar-refractivity contribution >= 4 is 80.1 Å². The van der Waals surface area contributed by atoms with Crippen molar-refractivity contribution in [1.82, 2.24) is 9.80 Å². The van der Waals surface area contributed by atoms with Gasteiger partial charge in [-0.2, -0.15) is 0 Å². The Morgan fingerprint density at radius 3 is 2.41 bits per heavy atom. The largest absolute Gasteiger partial charge is 0.487 e. The van der Waals surface area contributed by atoms with Gasteiger partial charge < -0.3 is 14.4 Å². The number of hydrogen-bond donors (Lipinski definition) is 0. The SMILES string of the molecule is Cc1ccc(COc2c(I)cc(/C=C3/SC(=O)N(CC(=O)N4CCOCC4)C3=O)cc2I)cc1. The number of ether oxygens (including phenoxy) is 2. The number of carbonyl (C=O) groups excluding carboxylic acids is 3. The fourth-order valence-corrected chi connectivity index (χ4v) is 6.44. The third-order valence-electron chi connectivity index (χ3n) is 5.35. The first-order valence-corrected chi connectivity index (χ1v) is 13.6. The Kier molecular flexibility index (Phi) is 8.53. The molecule has 0 atom stereocenters. The van der Waals surface area contributed by atoms with Gasteiger partial charge in [0, 0.05) is 13.1 Å². The Bertz CT molecular complexity index is 1120. The summed E-state index contributed by atoms with van der Waals surface area (Å²) in [7, 11) is 0. The zero-order chi connectivity index (χ0) is 24.2. The lowest BCUT2D eigenvalue weighted by molar-refractivity contribution is -0.139. The molecule has 0 spiro atoms. The van der Waals surface area contributed by atoms with Crippen molar-refractivity contribution in [1.29, 1.82) is 0 Å². The lowest BCUT2D eigenvalue weighted by atomic mass is 10.1. The smallest absolute Gasteiger partial charge is 0.294 e. The van der Waals surface area contributed by atoms with Crippen LogP contribution in [0.25, 0.3) is 6.08 Å². The van der Waals surface area contributed by atoms with E-state index in [-0.39, 0.29) is 12.5 Å². The molecule has 34 heavy (non-hydrogen) atoms. The molecule has 2 heterocycles. The minimum Gasteiger partial charge on any atom is -0.487 e. The van der Waals surface area contributed by atoms with Crippen molar-refractivity contribution in [3.8, 4) is 5.75 Å². The molecule has 0 saturated carbocycles. The van der Waals surface area contributed by atoms with Gasteiger partial charge in [-0.05, 0) is 93.2 Å². The third kappa shape index (κ3) is 6.13. The molecule has 4 rings (SSSR count). The average Bonchev–Trinajstić information content (AvgIpc) is 3.07. The van der Waals surface area contributed by atoms with Crippen molar-refractivity contribution in [2.24, 2.45) is 0 Å². The van der Waals surface area contributed by atoms with E-state index in [9.17, 15) is 14.4 Å². The molecule has 2 saturated heterocycles. The number of halogens is 2. The molecule has 0 aliphatic carbocycles. The van der Waals surface area contributed by atoms with Crippen LogP contribution in [0.5, 0.6) is 5.75 Å². The summed E-state index contributed by atoms with van der Waals surface area (Å²) in [5.74, 6) is 0.0930. The van der Waals surface area contributed by atoms with Crippen LogP contribution >= 0.6 is 56.9 Å². The molecule has 7 nitrogen and oxygen atoms in total. The second-order valence-corrected chi connectivity index (χ2v) is 11.2. The molecule has 0 radical (unpaired) electrons. The fraction of sp³-hybridized carbons (Fsp3) is 0.292. The highest BCUT2D eigenvalue weighted by Gasteiger charge is 2.37. The Morgan fingerprint density at radius 2 is 1.76 bits per heavy atom. The number of imide groups is 1. The molecule has 2 aliphatic rings. The van der Waals surface area contributed by atoms with E-state index in [0.717, 1.165) is 40.7 Å². The Morgan fingerprint density at radius 1 is 1.12 bits per heavy atom. The van der Waals surface area contributed by atoms with Gasteiger partial charge in [-0.25, -0.2) is 0 Å². The Balaban J connectivity index is 1.44. The van der Waals surface area contributed by atoms with Crippen molar-refractivity contribution in [3.63, 3.8) is 0 Å². The predicted octanol–water partition coefficient (Wildman–Crippen LogP) is 4.68. The number of aryl methyl sites for hydroxylation is 1. The monoisotopic (exact) mass is 704 g/mol. The van der Waals surface area contributed by atoms with Crippen LogP contribution in [0.2, 0.25) is 0 Å². The van der Waals surface area contributed by atoms with Gasteiger partial charge in [0.1, 0.15) is 18.9 Å². The van der Waals surface area contributed by atoms with Gasteiger partial charge in [0.05, 0.1) is 25.3 Å². The topological polar surface area (TPSA) is 76.2 Å². The zero-order valence-corrected chi connectivity index (χ0v) is 23.5. The summed E-state index contributed by atoms with van der Waals surface area (Å²) >= 11 is 5.28. The molecule has 2 aromatic rings. The highest BCUT2D eigenvalue weighted by molar-refractivity contribution is 14.1.